The van der Waals surface area contributed by atoms with Gasteiger partial charge in [0.15, 0.2) is 0 Å². The quantitative estimate of drug-likeness (QED) is 0.720. The van der Waals surface area contributed by atoms with Crippen molar-refractivity contribution in [2.24, 2.45) is 0 Å². The number of fused-ring (bicyclic) bond motifs is 2. The summed E-state index contributed by atoms with van der Waals surface area (Å²) in [6.07, 6.45) is 2.60. The molecule has 1 amide bonds. The van der Waals surface area contributed by atoms with Gasteiger partial charge in [-0.25, -0.2) is 9.97 Å². The first-order chi connectivity index (χ1) is 12.1. The van der Waals surface area contributed by atoms with E-state index in [1.54, 1.807) is 19.1 Å². The van der Waals surface area contributed by atoms with E-state index in [9.17, 15) is 9.18 Å². The molecule has 0 saturated carbocycles. The minimum atomic E-state index is -0.585. The van der Waals surface area contributed by atoms with Gasteiger partial charge in [0, 0.05) is 29.4 Å². The van der Waals surface area contributed by atoms with E-state index in [-0.39, 0.29) is 17.5 Å². The summed E-state index contributed by atoms with van der Waals surface area (Å²) in [5, 5.41) is 2.90. The summed E-state index contributed by atoms with van der Waals surface area (Å²) in [6, 6.07) is 7.30. The lowest BCUT2D eigenvalue weighted by Crippen LogP contribution is -2.34. The molecule has 3 aromatic rings. The number of nitrogens with one attached hydrogen (secondary N) is 2. The number of carbonyl (C=O) groups is 1. The van der Waals surface area contributed by atoms with Gasteiger partial charge in [-0.15, -0.1) is 6.58 Å². The molecule has 0 aliphatic carbocycles. The Kier molecular flexibility index (Phi) is 3.60. The van der Waals surface area contributed by atoms with Crippen molar-refractivity contribution >= 4 is 16.9 Å². The maximum absolute atomic E-state index is 13.9. The Hall–Kier alpha value is -3.02. The zero-order valence-electron chi connectivity index (χ0n) is 13.8. The number of hydrogen-bond donors (Lipinski definition) is 2. The van der Waals surface area contributed by atoms with Crippen LogP contribution in [0.2, 0.25) is 0 Å². The second-order valence-corrected chi connectivity index (χ2v) is 6.21. The molecule has 1 aliphatic rings. The molecule has 0 fully saturated rings. The van der Waals surface area contributed by atoms with Crippen LogP contribution in [0.3, 0.4) is 0 Å². The van der Waals surface area contributed by atoms with Crippen LogP contribution in [0.25, 0.3) is 22.3 Å². The number of aromatic nitrogens is 3. The van der Waals surface area contributed by atoms with Gasteiger partial charge in [-0.05, 0) is 25.5 Å². The summed E-state index contributed by atoms with van der Waals surface area (Å²) < 4.78 is 13.9. The van der Waals surface area contributed by atoms with Crippen molar-refractivity contribution in [2.45, 2.75) is 19.3 Å². The summed E-state index contributed by atoms with van der Waals surface area (Å²) >= 11 is 0. The van der Waals surface area contributed by atoms with E-state index in [0.717, 1.165) is 23.4 Å². The number of nitrogens with zero attached hydrogens (tertiary/aromatic N) is 2. The number of H-pyrrole nitrogens is 1. The zero-order valence-corrected chi connectivity index (χ0v) is 13.8. The normalized spacial score (nSPS) is 16.6. The van der Waals surface area contributed by atoms with Crippen LogP contribution in [-0.2, 0) is 0 Å². The number of allylic oxidation sites excluding steroid dienone is 1. The van der Waals surface area contributed by atoms with E-state index in [1.165, 1.54) is 0 Å². The highest BCUT2D eigenvalue weighted by atomic mass is 19.1. The van der Waals surface area contributed by atoms with Crippen molar-refractivity contribution in [2.75, 3.05) is 6.54 Å². The van der Waals surface area contributed by atoms with Crippen molar-refractivity contribution in [3.63, 3.8) is 0 Å². The molecule has 2 aromatic heterocycles. The summed E-state index contributed by atoms with van der Waals surface area (Å²) in [5.41, 5.74) is 4.33. The molecule has 0 bridgehead atoms. The Morgan fingerprint density at radius 1 is 1.36 bits per heavy atom. The Labute approximate surface area is 144 Å². The van der Waals surface area contributed by atoms with Crippen molar-refractivity contribution < 1.29 is 9.18 Å². The molecular formula is C19H17FN4O. The van der Waals surface area contributed by atoms with Crippen LogP contribution in [0, 0.1) is 12.9 Å². The monoisotopic (exact) mass is 336 g/mol. The third kappa shape index (κ3) is 2.50. The topological polar surface area (TPSA) is 70.7 Å². The number of aryl methyl sites for hydroxylation is 1. The minimum absolute atomic E-state index is 0.105. The van der Waals surface area contributed by atoms with Crippen LogP contribution < -0.4 is 5.32 Å². The van der Waals surface area contributed by atoms with Crippen LogP contribution in [0.5, 0.6) is 0 Å². The Morgan fingerprint density at radius 2 is 2.20 bits per heavy atom. The molecule has 0 unspecified atom stereocenters. The summed E-state index contributed by atoms with van der Waals surface area (Å²) in [7, 11) is 0. The number of rotatable bonds is 3. The van der Waals surface area contributed by atoms with E-state index in [1.807, 2.05) is 18.2 Å². The summed E-state index contributed by atoms with van der Waals surface area (Å²) in [4.78, 5) is 23.9. The third-order valence-electron chi connectivity index (χ3n) is 4.56. The predicted molar refractivity (Wildman–Crippen MR) is 93.9 cm³/mol. The number of amides is 1. The van der Waals surface area contributed by atoms with E-state index in [2.05, 4.69) is 26.8 Å². The van der Waals surface area contributed by atoms with Gasteiger partial charge < -0.3 is 10.3 Å². The fraction of sp³-hybridized carbons (Fsp3) is 0.211. The smallest absolute Gasteiger partial charge is 0.253 e. The lowest BCUT2D eigenvalue weighted by molar-refractivity contribution is 0.0940. The van der Waals surface area contributed by atoms with E-state index in [0.29, 0.717) is 23.1 Å². The van der Waals surface area contributed by atoms with E-state index in [4.69, 9.17) is 0 Å². The van der Waals surface area contributed by atoms with Gasteiger partial charge in [0.25, 0.3) is 5.91 Å². The standard InChI is InChI=1S/C19H17FN4O/c1-3-5-11-9-21-19(25)13-8-15(23-16(11)13)12-6-4-7-14-17(12)24-18(20)10(2)22-14/h3-4,6-8,11,23H,1,5,9H2,2H3,(H,21,25)/t11-/m1/s1. The maximum atomic E-state index is 13.9. The SMILES string of the molecule is C=CC[C@@H]1CNC(=O)c2cc(-c3cccc4nc(C)c(F)nc34)[nH]c21. The van der Waals surface area contributed by atoms with Crippen molar-refractivity contribution in [1.82, 2.24) is 20.3 Å². The molecule has 1 aliphatic heterocycles. The van der Waals surface area contributed by atoms with Gasteiger partial charge in [-0.2, -0.15) is 4.39 Å². The van der Waals surface area contributed by atoms with Gasteiger partial charge in [-0.1, -0.05) is 18.2 Å². The van der Waals surface area contributed by atoms with Crippen LogP contribution in [0.1, 0.15) is 34.1 Å². The molecule has 1 atom stereocenters. The molecular weight excluding hydrogens is 319 g/mol. The van der Waals surface area contributed by atoms with Gasteiger partial charge >= 0.3 is 0 Å². The molecule has 0 radical (unpaired) electrons. The van der Waals surface area contributed by atoms with Gasteiger partial charge in [0.2, 0.25) is 5.95 Å². The number of para-hydroxylation sites is 1. The Balaban J connectivity index is 1.90. The first-order valence-corrected chi connectivity index (χ1v) is 8.13. The summed E-state index contributed by atoms with van der Waals surface area (Å²) in [5.74, 6) is -0.538. The van der Waals surface area contributed by atoms with E-state index >= 15 is 0 Å². The summed E-state index contributed by atoms with van der Waals surface area (Å²) in [6.45, 7) is 5.94. The van der Waals surface area contributed by atoms with Gasteiger partial charge in [-0.3, -0.25) is 4.79 Å². The number of aromatic amines is 1. The molecule has 3 heterocycles. The van der Waals surface area contributed by atoms with Crippen LogP contribution in [-0.4, -0.2) is 27.4 Å². The van der Waals surface area contributed by atoms with Gasteiger partial charge in [0.1, 0.15) is 5.52 Å². The molecule has 5 nitrogen and oxygen atoms in total. The first kappa shape index (κ1) is 15.5. The molecule has 0 saturated heterocycles. The molecule has 4 rings (SSSR count). The fourth-order valence-corrected chi connectivity index (χ4v) is 3.30. The predicted octanol–water partition coefficient (Wildman–Crippen LogP) is 3.48. The van der Waals surface area contributed by atoms with Crippen LogP contribution in [0.4, 0.5) is 4.39 Å². The first-order valence-electron chi connectivity index (χ1n) is 8.13. The molecule has 6 heteroatoms. The van der Waals surface area contributed by atoms with Crippen molar-refractivity contribution in [1.29, 1.82) is 0 Å². The van der Waals surface area contributed by atoms with Crippen molar-refractivity contribution in [3.05, 3.63) is 59.8 Å². The molecule has 0 spiro atoms. The highest BCUT2D eigenvalue weighted by Crippen LogP contribution is 2.33. The molecule has 126 valence electrons. The maximum Gasteiger partial charge on any atom is 0.253 e. The minimum Gasteiger partial charge on any atom is -0.357 e. The number of hydrogen-bond acceptors (Lipinski definition) is 3. The highest BCUT2D eigenvalue weighted by Gasteiger charge is 2.27. The van der Waals surface area contributed by atoms with Gasteiger partial charge in [0.05, 0.1) is 16.8 Å². The number of benzene rings is 1. The van der Waals surface area contributed by atoms with Crippen molar-refractivity contribution in [3.8, 4) is 11.3 Å². The van der Waals surface area contributed by atoms with Crippen LogP contribution in [0.15, 0.2) is 36.9 Å². The average molecular weight is 336 g/mol. The zero-order chi connectivity index (χ0) is 17.6. The Morgan fingerprint density at radius 3 is 3.00 bits per heavy atom. The van der Waals surface area contributed by atoms with Crippen LogP contribution >= 0.6 is 0 Å². The molecule has 25 heavy (non-hydrogen) atoms. The Bertz CT molecular complexity index is 1010. The second-order valence-electron chi connectivity index (χ2n) is 6.21. The lowest BCUT2D eigenvalue weighted by atomic mass is 9.94. The average Bonchev–Trinajstić information content (AvgIpc) is 3.04. The molecule has 2 N–H and O–H groups in total. The lowest BCUT2D eigenvalue weighted by Gasteiger charge is -2.21. The highest BCUT2D eigenvalue weighted by molar-refractivity contribution is 5.99. The fourth-order valence-electron chi connectivity index (χ4n) is 3.30. The molecule has 1 aromatic carbocycles. The second kappa shape index (κ2) is 5.81. The number of carbonyl (C=O) groups excluding carboxylic acids is 1. The largest absolute Gasteiger partial charge is 0.357 e. The number of halogens is 1. The third-order valence-corrected chi connectivity index (χ3v) is 4.56. The van der Waals surface area contributed by atoms with E-state index < -0.39 is 5.95 Å².